The van der Waals surface area contributed by atoms with Crippen molar-refractivity contribution in [3.63, 3.8) is 0 Å². The van der Waals surface area contributed by atoms with Crippen molar-refractivity contribution >= 4 is 16.9 Å². The molecule has 2 heterocycles. The minimum atomic E-state index is -1.46. The molecule has 1 aromatic carbocycles. The van der Waals surface area contributed by atoms with E-state index in [1.165, 1.54) is 11.0 Å². The van der Waals surface area contributed by atoms with Crippen LogP contribution in [0, 0.1) is 0 Å². The molecule has 41 heavy (non-hydrogen) atoms. The predicted molar refractivity (Wildman–Crippen MR) is 167 cm³/mol. The van der Waals surface area contributed by atoms with Crippen molar-refractivity contribution in [2.24, 2.45) is 0 Å². The minimum Gasteiger partial charge on any atom is -0.488 e. The van der Waals surface area contributed by atoms with Crippen LogP contribution in [0.5, 0.6) is 5.75 Å². The number of ether oxygens (including phenoxy) is 1. The van der Waals surface area contributed by atoms with E-state index in [-0.39, 0.29) is 28.9 Å². The van der Waals surface area contributed by atoms with E-state index in [1.807, 2.05) is 52.0 Å². The van der Waals surface area contributed by atoms with E-state index in [0.717, 1.165) is 64.2 Å². The number of unbranched alkanes of at least 4 members (excludes halogenated alkanes) is 3. The summed E-state index contributed by atoms with van der Waals surface area (Å²) in [7, 11) is 0. The summed E-state index contributed by atoms with van der Waals surface area (Å²) in [6.45, 7) is 18.6. The van der Waals surface area contributed by atoms with E-state index >= 15 is 0 Å². The van der Waals surface area contributed by atoms with E-state index in [4.69, 9.17) is 8.92 Å². The van der Waals surface area contributed by atoms with Gasteiger partial charge in [-0.2, -0.15) is 0 Å². The van der Waals surface area contributed by atoms with Crippen molar-refractivity contribution in [1.82, 2.24) is 14.0 Å². The number of hydrogen-bond acceptors (Lipinski definition) is 7. The van der Waals surface area contributed by atoms with Crippen LogP contribution in [-0.2, 0) is 15.3 Å². The number of nitrogens with zero attached hydrogens (tertiary/aromatic N) is 4. The van der Waals surface area contributed by atoms with Crippen LogP contribution in [0.4, 0.5) is 5.82 Å². The third-order valence-electron chi connectivity index (χ3n) is 7.51. The summed E-state index contributed by atoms with van der Waals surface area (Å²) in [5.74, 6) is 1.45. The van der Waals surface area contributed by atoms with Gasteiger partial charge in [-0.05, 0) is 78.6 Å². The Morgan fingerprint density at radius 1 is 0.902 bits per heavy atom. The predicted octanol–water partition coefficient (Wildman–Crippen LogP) is 5.16. The van der Waals surface area contributed by atoms with Gasteiger partial charge in [0, 0.05) is 50.9 Å². The highest BCUT2D eigenvalue weighted by Crippen LogP contribution is 2.24. The summed E-state index contributed by atoms with van der Waals surface area (Å²) < 4.78 is 27.3. The molecule has 230 valence electrons. The van der Waals surface area contributed by atoms with Gasteiger partial charge in [0.25, 0.3) is 5.56 Å². The third kappa shape index (κ3) is 9.28. The van der Waals surface area contributed by atoms with Crippen molar-refractivity contribution in [3.8, 4) is 5.75 Å². The molecule has 0 bridgehead atoms. The first kappa shape index (κ1) is 33.1. The first-order valence-corrected chi connectivity index (χ1v) is 16.2. The Morgan fingerprint density at radius 2 is 1.54 bits per heavy atom. The normalized spacial score (nSPS) is 15.6. The van der Waals surface area contributed by atoms with Gasteiger partial charge in [-0.15, -0.1) is 0 Å². The molecule has 0 saturated carbocycles. The average Bonchev–Trinajstić information content (AvgIpc) is 2.91. The quantitative estimate of drug-likeness (QED) is 0.265. The molecule has 0 amide bonds. The van der Waals surface area contributed by atoms with Crippen LogP contribution < -0.4 is 20.9 Å². The lowest BCUT2D eigenvalue weighted by Crippen LogP contribution is -2.51. The Labute approximate surface area is 248 Å². The molecule has 3 rings (SSSR count). The molecule has 0 N–H and O–H groups in total. The van der Waals surface area contributed by atoms with Gasteiger partial charge in [0.2, 0.25) is 0 Å². The summed E-state index contributed by atoms with van der Waals surface area (Å²) in [6.07, 6.45) is 5.19. The van der Waals surface area contributed by atoms with Crippen LogP contribution in [0.15, 0.2) is 44.8 Å². The molecule has 1 unspecified atom stereocenters. The topological polar surface area (TPSA) is 86.0 Å². The lowest BCUT2D eigenvalue weighted by Gasteiger charge is -2.38. The van der Waals surface area contributed by atoms with Gasteiger partial charge in [-0.25, -0.2) is 9.00 Å². The molecule has 1 aliphatic rings. The van der Waals surface area contributed by atoms with Crippen molar-refractivity contribution in [2.75, 3.05) is 44.2 Å². The highest BCUT2D eigenvalue weighted by atomic mass is 32.2. The van der Waals surface area contributed by atoms with Gasteiger partial charge in [0.05, 0.1) is 11.5 Å². The maximum absolute atomic E-state index is 13.1. The van der Waals surface area contributed by atoms with Crippen molar-refractivity contribution < 1.29 is 13.1 Å². The van der Waals surface area contributed by atoms with Crippen molar-refractivity contribution in [2.45, 2.75) is 103 Å². The zero-order chi connectivity index (χ0) is 30.2. The Hall–Kier alpha value is -2.43. The van der Waals surface area contributed by atoms with Crippen molar-refractivity contribution in [1.29, 1.82) is 0 Å². The number of benzene rings is 1. The summed E-state index contributed by atoms with van der Waals surface area (Å²) in [6, 6.07) is 8.72. The average molecular weight is 591 g/mol. The van der Waals surface area contributed by atoms with E-state index < -0.39 is 11.1 Å². The summed E-state index contributed by atoms with van der Waals surface area (Å²) in [4.78, 5) is 31.1. The van der Waals surface area contributed by atoms with Crippen LogP contribution in [0.1, 0.15) is 92.7 Å². The van der Waals surface area contributed by atoms with E-state index in [9.17, 15) is 13.8 Å². The maximum atomic E-state index is 13.1. The van der Waals surface area contributed by atoms with Gasteiger partial charge < -0.3 is 9.64 Å². The first-order valence-electron chi connectivity index (χ1n) is 15.1. The lowest BCUT2D eigenvalue weighted by molar-refractivity contribution is 0.0820. The highest BCUT2D eigenvalue weighted by molar-refractivity contribution is 7.80. The largest absolute Gasteiger partial charge is 0.488 e. The number of hydrogen-bond donors (Lipinski definition) is 0. The Bertz CT molecular complexity index is 1240. The fourth-order valence-corrected chi connectivity index (χ4v) is 5.87. The second-order valence-electron chi connectivity index (χ2n) is 12.1. The molecule has 10 heteroatoms. The number of piperazine rings is 1. The second-order valence-corrected chi connectivity index (χ2v) is 13.3. The molecule has 1 aromatic heterocycles. The smallest absolute Gasteiger partial charge is 0.333 e. The Balaban J connectivity index is 1.51. The molecule has 9 nitrogen and oxygen atoms in total. The molecular weight excluding hydrogens is 540 g/mol. The molecule has 1 aliphatic heterocycles. The number of aromatic nitrogens is 2. The minimum absolute atomic E-state index is 0.0452. The SMILES string of the molecule is CCCCCCOS(=O)c1ccc(OC(C)(C)CCN2CCN(c3cc(=O)n(C(C)C)c(=O)n3C(C)C)CC2)cc1. The van der Waals surface area contributed by atoms with Crippen LogP contribution in [0.3, 0.4) is 0 Å². The lowest BCUT2D eigenvalue weighted by atomic mass is 10.0. The van der Waals surface area contributed by atoms with Crippen LogP contribution in [0.25, 0.3) is 0 Å². The molecule has 1 fully saturated rings. The maximum Gasteiger partial charge on any atom is 0.333 e. The molecular formula is C31H50N4O5S. The van der Waals surface area contributed by atoms with Crippen LogP contribution >= 0.6 is 0 Å². The Morgan fingerprint density at radius 3 is 2.12 bits per heavy atom. The molecule has 1 saturated heterocycles. The molecule has 0 spiro atoms. The van der Waals surface area contributed by atoms with Gasteiger partial charge in [-0.1, -0.05) is 26.2 Å². The molecule has 2 aromatic rings. The zero-order valence-corrected chi connectivity index (χ0v) is 26.9. The fraction of sp³-hybridized carbons (Fsp3) is 0.677. The third-order valence-corrected chi connectivity index (χ3v) is 8.54. The second kappa shape index (κ2) is 15.2. The summed E-state index contributed by atoms with van der Waals surface area (Å²) >= 11 is -1.46. The van der Waals surface area contributed by atoms with Crippen LogP contribution in [-0.4, -0.2) is 63.2 Å². The van der Waals surface area contributed by atoms with E-state index in [0.29, 0.717) is 17.3 Å². The van der Waals surface area contributed by atoms with Gasteiger partial charge in [-0.3, -0.25) is 23.0 Å². The van der Waals surface area contributed by atoms with Crippen molar-refractivity contribution in [3.05, 3.63) is 51.2 Å². The van der Waals surface area contributed by atoms with Gasteiger partial charge in [0.1, 0.15) is 17.2 Å². The summed E-state index contributed by atoms with van der Waals surface area (Å²) in [5.41, 5.74) is -0.868. The van der Waals surface area contributed by atoms with E-state index in [2.05, 4.69) is 30.6 Å². The van der Waals surface area contributed by atoms with Gasteiger partial charge >= 0.3 is 5.69 Å². The fourth-order valence-electron chi connectivity index (χ4n) is 5.11. The molecule has 1 atom stereocenters. The number of anilines is 1. The zero-order valence-electron chi connectivity index (χ0n) is 26.1. The molecule has 0 radical (unpaired) electrons. The first-order chi connectivity index (χ1) is 19.4. The standard InChI is InChI=1S/C31H50N4O5S/c1-8-9-10-11-22-39-41(38)27-14-12-26(13-15-27)40-31(6,7)16-17-32-18-20-33(21-19-32)28-23-29(36)35(25(4)5)30(37)34(28)24(2)3/h12-15,23-25H,8-11,16-22H2,1-7H3. The number of rotatable bonds is 15. The van der Waals surface area contributed by atoms with Gasteiger partial charge in [0.15, 0.2) is 11.1 Å². The Kier molecular flexibility index (Phi) is 12.2. The highest BCUT2D eigenvalue weighted by Gasteiger charge is 2.26. The monoisotopic (exact) mass is 590 g/mol. The van der Waals surface area contributed by atoms with Crippen LogP contribution in [0.2, 0.25) is 0 Å². The summed E-state index contributed by atoms with van der Waals surface area (Å²) in [5, 5.41) is 0. The van der Waals surface area contributed by atoms with E-state index in [1.54, 1.807) is 10.6 Å². The molecule has 0 aliphatic carbocycles.